The fourth-order valence-electron chi connectivity index (χ4n) is 1.31. The van der Waals surface area contributed by atoms with E-state index >= 15 is 0 Å². The molecule has 5 heteroatoms. The second-order valence-corrected chi connectivity index (χ2v) is 3.68. The van der Waals surface area contributed by atoms with Gasteiger partial charge in [0.15, 0.2) is 11.6 Å². The Hall–Kier alpha value is -1.17. The number of halogens is 1. The van der Waals surface area contributed by atoms with Crippen molar-refractivity contribution >= 4 is 0 Å². The maximum atomic E-state index is 13.4. The molecule has 0 aliphatic heterocycles. The van der Waals surface area contributed by atoms with E-state index in [1.807, 2.05) is 0 Å². The molecule has 17 heavy (non-hydrogen) atoms. The van der Waals surface area contributed by atoms with Gasteiger partial charge in [0.2, 0.25) is 5.91 Å². The number of hydrogen-bond donors (Lipinski definition) is 1. The summed E-state index contributed by atoms with van der Waals surface area (Å²) in [6.07, 6.45) is 0. The van der Waals surface area contributed by atoms with Crippen molar-refractivity contribution in [1.82, 2.24) is 5.32 Å². The minimum absolute atomic E-state index is 0.231. The number of benzene rings is 1. The molecule has 0 saturated heterocycles. The summed E-state index contributed by atoms with van der Waals surface area (Å²) in [6, 6.07) is 4.78. The highest BCUT2D eigenvalue weighted by atomic mass is 19.1. The Balaban J connectivity index is 2.67. The second-order valence-electron chi connectivity index (χ2n) is 3.68. The van der Waals surface area contributed by atoms with Crippen LogP contribution < -0.4 is 10.1 Å². The molecule has 0 aliphatic rings. The van der Waals surface area contributed by atoms with Crippen LogP contribution >= 0.6 is 0 Å². The Kier molecular flexibility index (Phi) is 4.86. The zero-order chi connectivity index (χ0) is 12.9. The van der Waals surface area contributed by atoms with Crippen molar-refractivity contribution < 1.29 is 18.6 Å². The van der Waals surface area contributed by atoms with Gasteiger partial charge in [0, 0.05) is 27.7 Å². The van der Waals surface area contributed by atoms with Gasteiger partial charge in [-0.2, -0.15) is 0 Å². The Labute approximate surface area is 101 Å². The molecule has 96 valence electrons. The molecule has 0 atom stereocenters. The minimum Gasteiger partial charge on any atom is -0.494 e. The van der Waals surface area contributed by atoms with E-state index in [0.29, 0.717) is 6.54 Å². The van der Waals surface area contributed by atoms with Crippen LogP contribution in [-0.2, 0) is 16.0 Å². The largest absolute Gasteiger partial charge is 0.494 e. The van der Waals surface area contributed by atoms with Crippen molar-refractivity contribution in [2.45, 2.75) is 19.4 Å². The smallest absolute Gasteiger partial charge is 0.224 e. The quantitative estimate of drug-likeness (QED) is 0.774. The topological polar surface area (TPSA) is 39.7 Å². The number of ether oxygens (including phenoxy) is 3. The molecule has 0 aromatic heterocycles. The minimum atomic E-state index is -0.879. The summed E-state index contributed by atoms with van der Waals surface area (Å²) in [6.45, 7) is 2.17. The Morgan fingerprint density at radius 3 is 2.35 bits per heavy atom. The first-order valence-electron chi connectivity index (χ1n) is 5.22. The van der Waals surface area contributed by atoms with Crippen molar-refractivity contribution in [2.75, 3.05) is 21.3 Å². The predicted molar refractivity (Wildman–Crippen MR) is 62.2 cm³/mol. The zero-order valence-electron chi connectivity index (χ0n) is 10.5. The number of nitrogens with one attached hydrogen (secondary N) is 1. The van der Waals surface area contributed by atoms with Crippen LogP contribution in [0.25, 0.3) is 0 Å². The fourth-order valence-corrected chi connectivity index (χ4v) is 1.31. The van der Waals surface area contributed by atoms with Crippen molar-refractivity contribution in [1.29, 1.82) is 0 Å². The van der Waals surface area contributed by atoms with E-state index < -0.39 is 5.91 Å². The molecule has 0 fully saturated rings. The van der Waals surface area contributed by atoms with Gasteiger partial charge in [-0.25, -0.2) is 4.39 Å². The van der Waals surface area contributed by atoms with Gasteiger partial charge in [-0.1, -0.05) is 6.07 Å². The summed E-state index contributed by atoms with van der Waals surface area (Å²) in [4.78, 5) is 0. The maximum absolute atomic E-state index is 13.4. The highest BCUT2D eigenvalue weighted by Gasteiger charge is 2.21. The van der Waals surface area contributed by atoms with Crippen LogP contribution in [0.2, 0.25) is 0 Å². The molecular formula is C12H18FNO3. The standard InChI is InChI=1S/C12H18FNO3/c1-12(16-3,17-4)14-8-9-5-6-11(15-2)10(13)7-9/h5-7,14H,8H2,1-4H3. The zero-order valence-corrected chi connectivity index (χ0v) is 10.5. The first-order valence-corrected chi connectivity index (χ1v) is 5.22. The van der Waals surface area contributed by atoms with Crippen LogP contribution in [0.15, 0.2) is 18.2 Å². The summed E-state index contributed by atoms with van der Waals surface area (Å²) in [7, 11) is 4.50. The molecule has 0 radical (unpaired) electrons. The Morgan fingerprint density at radius 1 is 1.24 bits per heavy atom. The summed E-state index contributed by atoms with van der Waals surface area (Å²) in [5, 5.41) is 3.02. The fraction of sp³-hybridized carbons (Fsp3) is 0.500. The third kappa shape index (κ3) is 3.66. The summed E-state index contributed by atoms with van der Waals surface area (Å²) >= 11 is 0. The molecule has 0 amide bonds. The first-order chi connectivity index (χ1) is 8.04. The Bertz CT molecular complexity index is 367. The molecule has 0 heterocycles. The monoisotopic (exact) mass is 243 g/mol. The van der Waals surface area contributed by atoms with Crippen LogP contribution in [0.4, 0.5) is 4.39 Å². The Morgan fingerprint density at radius 2 is 1.88 bits per heavy atom. The average molecular weight is 243 g/mol. The first kappa shape index (κ1) is 13.9. The molecule has 1 aromatic carbocycles. The van der Waals surface area contributed by atoms with Gasteiger partial charge < -0.3 is 14.2 Å². The van der Waals surface area contributed by atoms with Gasteiger partial charge >= 0.3 is 0 Å². The van der Waals surface area contributed by atoms with E-state index in [0.717, 1.165) is 5.56 Å². The maximum Gasteiger partial charge on any atom is 0.224 e. The highest BCUT2D eigenvalue weighted by molar-refractivity contribution is 5.29. The molecule has 0 spiro atoms. The molecule has 1 N–H and O–H groups in total. The van der Waals surface area contributed by atoms with E-state index in [1.54, 1.807) is 19.1 Å². The number of methoxy groups -OCH3 is 3. The molecule has 0 saturated carbocycles. The van der Waals surface area contributed by atoms with Gasteiger partial charge in [0.1, 0.15) is 0 Å². The lowest BCUT2D eigenvalue weighted by Gasteiger charge is -2.27. The lowest BCUT2D eigenvalue weighted by atomic mass is 10.2. The van der Waals surface area contributed by atoms with Crippen LogP contribution in [0.1, 0.15) is 12.5 Å². The summed E-state index contributed by atoms with van der Waals surface area (Å²) in [5.74, 6) is -1.03. The van der Waals surface area contributed by atoms with Gasteiger partial charge in [0.05, 0.1) is 7.11 Å². The van der Waals surface area contributed by atoms with Gasteiger partial charge in [-0.15, -0.1) is 0 Å². The van der Waals surface area contributed by atoms with Crippen LogP contribution in [-0.4, -0.2) is 27.2 Å². The van der Waals surface area contributed by atoms with E-state index in [2.05, 4.69) is 5.32 Å². The second kappa shape index (κ2) is 5.95. The number of rotatable bonds is 6. The summed E-state index contributed by atoms with van der Waals surface area (Å²) in [5.41, 5.74) is 0.781. The molecule has 1 rings (SSSR count). The van der Waals surface area contributed by atoms with Crippen molar-refractivity contribution in [3.8, 4) is 5.75 Å². The normalized spacial score (nSPS) is 11.6. The van der Waals surface area contributed by atoms with E-state index in [4.69, 9.17) is 14.2 Å². The number of hydrogen-bond acceptors (Lipinski definition) is 4. The van der Waals surface area contributed by atoms with Gasteiger partial charge in [0.25, 0.3) is 0 Å². The predicted octanol–water partition coefficient (Wildman–Crippen LogP) is 1.89. The van der Waals surface area contributed by atoms with Crippen LogP contribution in [0, 0.1) is 5.82 Å². The third-order valence-electron chi connectivity index (χ3n) is 2.61. The molecule has 0 aliphatic carbocycles. The SMILES string of the molecule is COc1ccc(CNC(C)(OC)OC)cc1F. The van der Waals surface area contributed by atoms with Gasteiger partial charge in [-0.3, -0.25) is 5.32 Å². The molecule has 1 aromatic rings. The van der Waals surface area contributed by atoms with Crippen LogP contribution in [0.3, 0.4) is 0 Å². The summed E-state index contributed by atoms with van der Waals surface area (Å²) < 4.78 is 28.5. The molecule has 0 unspecified atom stereocenters. The molecule has 0 bridgehead atoms. The van der Waals surface area contributed by atoms with Crippen molar-refractivity contribution in [3.05, 3.63) is 29.6 Å². The van der Waals surface area contributed by atoms with Crippen molar-refractivity contribution in [2.24, 2.45) is 0 Å². The lowest BCUT2D eigenvalue weighted by Crippen LogP contribution is -2.45. The van der Waals surface area contributed by atoms with Crippen LogP contribution in [0.5, 0.6) is 5.75 Å². The van der Waals surface area contributed by atoms with E-state index in [9.17, 15) is 4.39 Å². The average Bonchev–Trinajstić information content (AvgIpc) is 2.36. The highest BCUT2D eigenvalue weighted by Crippen LogP contribution is 2.18. The van der Waals surface area contributed by atoms with E-state index in [-0.39, 0.29) is 11.6 Å². The third-order valence-corrected chi connectivity index (χ3v) is 2.61. The molecular weight excluding hydrogens is 225 g/mol. The lowest BCUT2D eigenvalue weighted by molar-refractivity contribution is -0.215. The van der Waals surface area contributed by atoms with Gasteiger partial charge in [-0.05, 0) is 17.7 Å². The van der Waals surface area contributed by atoms with E-state index in [1.165, 1.54) is 27.4 Å². The van der Waals surface area contributed by atoms with Crippen molar-refractivity contribution in [3.63, 3.8) is 0 Å². The molecule has 4 nitrogen and oxygen atoms in total.